The molecule has 0 saturated heterocycles. The number of para-hydroxylation sites is 2. The van der Waals surface area contributed by atoms with Crippen LogP contribution in [0.2, 0.25) is 0 Å². The van der Waals surface area contributed by atoms with Crippen LogP contribution < -0.4 is 0 Å². The summed E-state index contributed by atoms with van der Waals surface area (Å²) in [5.41, 5.74) is 31.2. The summed E-state index contributed by atoms with van der Waals surface area (Å²) in [4.78, 5) is 0. The normalized spacial score (nSPS) is 13.0. The highest BCUT2D eigenvalue weighted by molar-refractivity contribution is 6.31. The zero-order valence-corrected chi connectivity index (χ0v) is 71.4. The maximum Gasteiger partial charge on any atom is 0.0622 e. The number of hydrogen-bond acceptors (Lipinski definition) is 0. The van der Waals surface area contributed by atoms with E-state index in [4.69, 9.17) is 0 Å². The SMILES string of the molecule is CC(C)c1ccc2cc3c(cc2c1)c1cc(-n2c4ccccc4c4ccccc42)cc2c4cc5cc(C(C)C)ccc5cc4n3c12.CC1(C)c2ccccc2-c2ccc(-c3cc4c5cc6ccccc6cc5n5c6cc7ccccc7cc6c(c3)c45)cc21.c1ccc(-c2ccccc2-c2cc3c4cc5ccccc5cc4n4c5cc6ccccc6cc5c(c2)c34)cc1. The van der Waals surface area contributed by atoms with Gasteiger partial charge in [-0.05, 0) is 271 Å². The van der Waals surface area contributed by atoms with Gasteiger partial charge in [0.2, 0.25) is 0 Å². The fourth-order valence-corrected chi connectivity index (χ4v) is 22.7. The number of rotatable bonds is 6. The Balaban J connectivity index is 0.0000000991. The highest BCUT2D eigenvalue weighted by Gasteiger charge is 2.36. The van der Waals surface area contributed by atoms with E-state index in [2.05, 4.69) is 448 Å². The molecule has 0 radical (unpaired) electrons. The fraction of sp³-hybridized carbons (Fsp3) is 0.0732. The zero-order valence-electron chi connectivity index (χ0n) is 71.4. The van der Waals surface area contributed by atoms with Gasteiger partial charge in [0.05, 0.1) is 60.7 Å². The van der Waals surface area contributed by atoms with Gasteiger partial charge in [0, 0.05) is 86.5 Å². The second-order valence-corrected chi connectivity index (χ2v) is 37.1. The largest absolute Gasteiger partial charge is 0.309 e. The Morgan fingerprint density at radius 3 is 0.913 bits per heavy atom. The maximum atomic E-state index is 2.54. The van der Waals surface area contributed by atoms with E-state index in [1.54, 1.807) is 0 Å². The molecule has 4 heteroatoms. The van der Waals surface area contributed by atoms with Gasteiger partial charge in [0.15, 0.2) is 0 Å². The molecule has 7 aromatic heterocycles. The molecule has 0 N–H and O–H groups in total. The summed E-state index contributed by atoms with van der Waals surface area (Å²) in [5, 5.41) is 33.8. The van der Waals surface area contributed by atoms with Crippen molar-refractivity contribution in [1.29, 1.82) is 0 Å². The molecule has 0 atom stereocenters. The molecule has 0 aliphatic heterocycles. The van der Waals surface area contributed by atoms with Gasteiger partial charge in [-0.25, -0.2) is 0 Å². The van der Waals surface area contributed by atoms with E-state index in [1.807, 2.05) is 0 Å². The van der Waals surface area contributed by atoms with Gasteiger partial charge >= 0.3 is 0 Å². The Morgan fingerprint density at radius 2 is 0.504 bits per heavy atom. The average Bonchev–Trinajstić information content (AvgIpc) is 1.54. The van der Waals surface area contributed by atoms with Crippen molar-refractivity contribution in [1.82, 2.24) is 17.8 Å². The van der Waals surface area contributed by atoms with Crippen LogP contribution in [-0.4, -0.2) is 17.8 Å². The molecule has 28 aromatic rings. The van der Waals surface area contributed by atoms with Crippen LogP contribution in [-0.2, 0) is 5.41 Å². The lowest BCUT2D eigenvalue weighted by atomic mass is 9.81. The van der Waals surface area contributed by atoms with Crippen LogP contribution >= 0.6 is 0 Å². The van der Waals surface area contributed by atoms with Crippen LogP contribution in [0.4, 0.5) is 0 Å². The molecule has 0 spiro atoms. The maximum absolute atomic E-state index is 2.54. The van der Waals surface area contributed by atoms with Gasteiger partial charge in [-0.15, -0.1) is 0 Å². The van der Waals surface area contributed by atoms with Crippen LogP contribution in [0, 0.1) is 0 Å². The van der Waals surface area contributed by atoms with E-state index in [0.717, 1.165) is 0 Å². The van der Waals surface area contributed by atoms with Crippen LogP contribution in [0.25, 0.3) is 251 Å². The molecule has 4 nitrogen and oxygen atoms in total. The lowest BCUT2D eigenvalue weighted by Crippen LogP contribution is -2.14. The predicted molar refractivity (Wildman–Crippen MR) is 545 cm³/mol. The molecule has 127 heavy (non-hydrogen) atoms. The molecule has 0 unspecified atom stereocenters. The number of hydrogen-bond donors (Lipinski definition) is 0. The average molecular weight is 1620 g/mol. The van der Waals surface area contributed by atoms with Gasteiger partial charge in [-0.1, -0.05) is 302 Å². The van der Waals surface area contributed by atoms with Crippen LogP contribution in [0.3, 0.4) is 0 Å². The fourth-order valence-electron chi connectivity index (χ4n) is 22.7. The molecule has 7 heterocycles. The van der Waals surface area contributed by atoms with Crippen LogP contribution in [0.5, 0.6) is 0 Å². The second kappa shape index (κ2) is 26.7. The molecule has 596 valence electrons. The van der Waals surface area contributed by atoms with Crippen molar-refractivity contribution in [3.8, 4) is 50.2 Å². The monoisotopic (exact) mass is 1620 g/mol. The number of nitrogens with zero attached hydrogens (tertiary/aromatic N) is 4. The van der Waals surface area contributed by atoms with E-state index in [1.165, 1.54) is 273 Å². The minimum Gasteiger partial charge on any atom is -0.309 e. The Bertz CT molecular complexity index is 9140. The van der Waals surface area contributed by atoms with Gasteiger partial charge < -0.3 is 17.8 Å². The number of fused-ring (bicyclic) bond motifs is 30. The molecule has 1 aliphatic carbocycles. The van der Waals surface area contributed by atoms with Crippen molar-refractivity contribution in [2.24, 2.45) is 0 Å². The van der Waals surface area contributed by atoms with E-state index in [0.29, 0.717) is 11.8 Å². The molecule has 0 bridgehead atoms. The van der Waals surface area contributed by atoms with Crippen molar-refractivity contribution < 1.29 is 0 Å². The van der Waals surface area contributed by atoms with E-state index in [9.17, 15) is 0 Å². The highest BCUT2D eigenvalue weighted by atomic mass is 15.0. The zero-order chi connectivity index (χ0) is 84.1. The van der Waals surface area contributed by atoms with E-state index >= 15 is 0 Å². The van der Waals surface area contributed by atoms with Crippen molar-refractivity contribution >= 4 is 201 Å². The van der Waals surface area contributed by atoms with Crippen molar-refractivity contribution in [2.75, 3.05) is 0 Å². The third kappa shape index (κ3) is 10.5. The first kappa shape index (κ1) is 71.9. The van der Waals surface area contributed by atoms with Gasteiger partial charge in [0.25, 0.3) is 0 Å². The third-order valence-corrected chi connectivity index (χ3v) is 29.0. The summed E-state index contributed by atoms with van der Waals surface area (Å²) >= 11 is 0. The highest BCUT2D eigenvalue weighted by Crippen LogP contribution is 2.53. The molecular formula is C123H84N4. The molecule has 1 aliphatic rings. The lowest BCUT2D eigenvalue weighted by Gasteiger charge is -2.22. The van der Waals surface area contributed by atoms with Gasteiger partial charge in [-0.2, -0.15) is 0 Å². The molecule has 21 aromatic carbocycles. The molecule has 0 saturated carbocycles. The summed E-state index contributed by atoms with van der Waals surface area (Å²) in [5.74, 6) is 0.982. The smallest absolute Gasteiger partial charge is 0.0622 e. The molecule has 0 amide bonds. The minimum absolute atomic E-state index is 0.0245. The standard InChI is InChI=1S/C44H34N2.C41H27N.C38H23N/c1-25(2)27-13-15-29-21-42-36(19-31(29)17-27)38-23-33(45-40-11-7-5-9-34(40)35-10-6-8-12-41(35)45)24-39-37-20-32-18-28(26(3)4)14-16-30(32)22-43(37)46(42)44(38)39;1-41(2)36-14-8-7-13-30(36)31-16-15-28(21-37(31)41)29-19-34-32-17-24-9-3-5-11-26(24)22-38(32)42-39-23-27-12-6-4-10-25(27)18-33(39)35(20-29)40(34)42;1-2-10-24(11-3-1)30-16-8-9-17-31(30)29-20-34-32-18-25-12-4-6-14-27(25)22-36(32)39-37-23-28-15-7-5-13-26(28)19-33(37)35(21-29)38(34)39/h5-26H,1-4H3;3-23H,1-2H3;1-23H. The van der Waals surface area contributed by atoms with Crippen LogP contribution in [0.1, 0.15) is 75.6 Å². The Hall–Kier alpha value is -15.6. The topological polar surface area (TPSA) is 18.2 Å². The Labute approximate surface area is 732 Å². The molecular weight excluding hydrogens is 1530 g/mol. The second-order valence-electron chi connectivity index (χ2n) is 37.1. The summed E-state index contributed by atoms with van der Waals surface area (Å²) in [6, 6.07) is 145. The number of aromatic nitrogens is 4. The first-order chi connectivity index (χ1) is 62.3. The molecule has 0 fully saturated rings. The number of benzene rings is 21. The molecule has 29 rings (SSSR count). The van der Waals surface area contributed by atoms with Crippen LogP contribution in [0.15, 0.2) is 388 Å². The van der Waals surface area contributed by atoms with E-state index < -0.39 is 0 Å². The van der Waals surface area contributed by atoms with E-state index in [-0.39, 0.29) is 5.41 Å². The van der Waals surface area contributed by atoms with Crippen molar-refractivity contribution in [3.63, 3.8) is 0 Å². The van der Waals surface area contributed by atoms with Gasteiger partial charge in [0.1, 0.15) is 0 Å². The first-order valence-electron chi connectivity index (χ1n) is 45.0. The first-order valence-corrected chi connectivity index (χ1v) is 45.0. The summed E-state index contributed by atoms with van der Waals surface area (Å²) in [6.07, 6.45) is 0. The summed E-state index contributed by atoms with van der Waals surface area (Å²) in [6.45, 7) is 13.8. The van der Waals surface area contributed by atoms with Crippen molar-refractivity contribution in [2.45, 2.75) is 58.8 Å². The lowest BCUT2D eigenvalue weighted by molar-refractivity contribution is 0.660. The Kier molecular flexibility index (Phi) is 15.1. The predicted octanol–water partition coefficient (Wildman–Crippen LogP) is 34.1. The summed E-state index contributed by atoms with van der Waals surface area (Å²) < 4.78 is 10.0. The van der Waals surface area contributed by atoms with Crippen molar-refractivity contribution in [3.05, 3.63) is 411 Å². The third-order valence-electron chi connectivity index (χ3n) is 29.0. The van der Waals surface area contributed by atoms with Gasteiger partial charge in [-0.3, -0.25) is 0 Å². The quantitative estimate of drug-likeness (QED) is 0.158. The summed E-state index contributed by atoms with van der Waals surface area (Å²) in [7, 11) is 0. The minimum atomic E-state index is -0.0245. The Morgan fingerprint density at radius 1 is 0.189 bits per heavy atom.